The molecule has 0 aromatic heterocycles. The molecular weight excluding hydrogens is 585 g/mol. The summed E-state index contributed by atoms with van der Waals surface area (Å²) in [5.74, 6) is -69.4. The number of rotatable bonds is 11. The Labute approximate surface area is 180 Å². The Morgan fingerprint density at radius 2 is 0.714 bits per heavy atom. The van der Waals surface area contributed by atoms with Crippen molar-refractivity contribution in [1.82, 2.24) is 0 Å². The normalized spacial score (nSPS) is 16.6. The third kappa shape index (κ3) is 4.93. The lowest BCUT2D eigenvalue weighted by atomic mass is 9.86. The summed E-state index contributed by atoms with van der Waals surface area (Å²) in [5, 5.41) is 0. The maximum atomic E-state index is 13.5. The molecule has 35 heavy (non-hydrogen) atoms. The number of hydrogen-bond donors (Lipinski definition) is 1. The van der Waals surface area contributed by atoms with E-state index in [2.05, 4.69) is 0 Å². The first-order chi connectivity index (χ1) is 14.7. The zero-order chi connectivity index (χ0) is 29.1. The van der Waals surface area contributed by atoms with Crippen molar-refractivity contribution in [3.63, 3.8) is 0 Å². The summed E-state index contributed by atoms with van der Waals surface area (Å²) in [6.45, 7) is 0. The lowest BCUT2D eigenvalue weighted by Gasteiger charge is -2.43. The molecule has 0 fully saturated rings. The molecule has 0 saturated carbocycles. The van der Waals surface area contributed by atoms with Gasteiger partial charge in [0.05, 0.1) is 5.75 Å². The van der Waals surface area contributed by atoms with E-state index >= 15 is 0 Å². The van der Waals surface area contributed by atoms with Gasteiger partial charge in [0.15, 0.2) is 0 Å². The van der Waals surface area contributed by atoms with Crippen LogP contribution >= 0.6 is 0 Å². The first kappa shape index (κ1) is 33.6. The van der Waals surface area contributed by atoms with Gasteiger partial charge in [-0.15, -0.1) is 0 Å². The smallest absolute Gasteiger partial charge is 0.286 e. The van der Waals surface area contributed by atoms with Crippen LogP contribution in [0.1, 0.15) is 12.8 Å². The molecular formula is C12H7F19O3S. The van der Waals surface area contributed by atoms with Crippen LogP contribution in [0.3, 0.4) is 0 Å². The fraction of sp³-hybridized carbons (Fsp3) is 1.00. The molecule has 212 valence electrons. The van der Waals surface area contributed by atoms with Crippen molar-refractivity contribution >= 4 is 10.1 Å². The van der Waals surface area contributed by atoms with Crippen molar-refractivity contribution < 1.29 is 96.4 Å². The third-order valence-electron chi connectivity index (χ3n) is 4.07. The summed E-state index contributed by atoms with van der Waals surface area (Å²) in [4.78, 5) is 0. The molecule has 0 heterocycles. The van der Waals surface area contributed by atoms with Crippen molar-refractivity contribution in [2.75, 3.05) is 5.75 Å². The fourth-order valence-electron chi connectivity index (χ4n) is 2.03. The summed E-state index contributed by atoms with van der Waals surface area (Å²) < 4.78 is 276. The summed E-state index contributed by atoms with van der Waals surface area (Å²) in [5.41, 5.74) is 0. The second-order valence-electron chi connectivity index (χ2n) is 6.61. The van der Waals surface area contributed by atoms with Crippen LogP contribution in [0.4, 0.5) is 83.4 Å². The second-order valence-corrected chi connectivity index (χ2v) is 8.18. The zero-order valence-electron chi connectivity index (χ0n) is 15.5. The maximum Gasteiger partial charge on any atom is 0.460 e. The van der Waals surface area contributed by atoms with Crippen LogP contribution in [0.15, 0.2) is 0 Å². The fourth-order valence-corrected chi connectivity index (χ4v) is 2.54. The number of hydrogen-bond acceptors (Lipinski definition) is 2. The van der Waals surface area contributed by atoms with E-state index in [0.29, 0.717) is 0 Å². The van der Waals surface area contributed by atoms with Crippen molar-refractivity contribution in [2.45, 2.75) is 66.4 Å². The highest BCUT2D eigenvalue weighted by Gasteiger charge is 2.96. The summed E-state index contributed by atoms with van der Waals surface area (Å²) in [7, 11) is -5.32. The average Bonchev–Trinajstić information content (AvgIpc) is 2.58. The molecule has 3 nitrogen and oxygen atoms in total. The Balaban J connectivity index is 6.68. The predicted octanol–water partition coefficient (Wildman–Crippen LogP) is 6.30. The Kier molecular flexibility index (Phi) is 8.22. The molecule has 0 aromatic rings. The molecule has 23 heteroatoms. The highest BCUT2D eigenvalue weighted by atomic mass is 32.2. The molecule has 0 aliphatic heterocycles. The van der Waals surface area contributed by atoms with Gasteiger partial charge in [-0.3, -0.25) is 4.55 Å². The second kappa shape index (κ2) is 8.57. The van der Waals surface area contributed by atoms with E-state index in [1.807, 2.05) is 0 Å². The Hall–Kier alpha value is -1.42. The minimum atomic E-state index is -9.00. The van der Waals surface area contributed by atoms with Crippen LogP contribution < -0.4 is 0 Å². The van der Waals surface area contributed by atoms with Gasteiger partial charge in [0.2, 0.25) is 0 Å². The van der Waals surface area contributed by atoms with E-state index in [1.165, 1.54) is 0 Å². The molecule has 0 atom stereocenters. The van der Waals surface area contributed by atoms with Gasteiger partial charge in [-0.05, 0) is 6.42 Å². The third-order valence-corrected chi connectivity index (χ3v) is 4.88. The van der Waals surface area contributed by atoms with Gasteiger partial charge in [-0.2, -0.15) is 91.8 Å². The molecule has 0 aliphatic carbocycles. The lowest BCUT2D eigenvalue weighted by molar-refractivity contribution is -0.468. The van der Waals surface area contributed by atoms with Gasteiger partial charge < -0.3 is 0 Å². The Morgan fingerprint density at radius 3 is 0.971 bits per heavy atom. The predicted molar refractivity (Wildman–Crippen MR) is 71.3 cm³/mol. The van der Waals surface area contributed by atoms with Crippen LogP contribution in [-0.2, 0) is 10.1 Å². The maximum absolute atomic E-state index is 13.5. The SMILES string of the molecule is O=S(=O)(O)CCCC(F)(F)C(F)(F)C(F)(F)C(F)(F)C(F)(F)C(F)(F)C(F)(F)C(F)(F)C(F)(F)F. The first-order valence-corrected chi connectivity index (χ1v) is 9.36. The standard InChI is InChI=1S/C12H7F19O3S/c13-4(14,2-1-3-35(32,33)34)5(15,16)6(17,18)7(19,20)8(21,22)9(23,24)10(25,26)11(27,28)12(29,30)31/h1-3H2,(H,32,33,34). The molecule has 0 saturated heterocycles. The molecule has 0 unspecified atom stereocenters. The Bertz CT molecular complexity index is 872. The summed E-state index contributed by atoms with van der Waals surface area (Å²) in [6, 6.07) is 0. The number of halogens is 19. The summed E-state index contributed by atoms with van der Waals surface area (Å²) >= 11 is 0. The largest absolute Gasteiger partial charge is 0.460 e. The van der Waals surface area contributed by atoms with Crippen molar-refractivity contribution in [2.24, 2.45) is 0 Å². The molecule has 0 aromatic carbocycles. The van der Waals surface area contributed by atoms with E-state index in [-0.39, 0.29) is 0 Å². The molecule has 1 N–H and O–H groups in total. The van der Waals surface area contributed by atoms with E-state index < -0.39 is 82.3 Å². The number of alkyl halides is 19. The van der Waals surface area contributed by atoms with Crippen molar-refractivity contribution in [3.8, 4) is 0 Å². The first-order valence-electron chi connectivity index (χ1n) is 7.75. The van der Waals surface area contributed by atoms with Gasteiger partial charge in [0.1, 0.15) is 0 Å². The minimum absolute atomic E-state index is 1.98. The summed E-state index contributed by atoms with van der Waals surface area (Å²) in [6.07, 6.45) is -13.0. The van der Waals surface area contributed by atoms with Crippen LogP contribution in [0, 0.1) is 0 Å². The average molecular weight is 592 g/mol. The zero-order valence-corrected chi connectivity index (χ0v) is 16.3. The minimum Gasteiger partial charge on any atom is -0.286 e. The molecule has 0 spiro atoms. The van der Waals surface area contributed by atoms with Crippen molar-refractivity contribution in [1.29, 1.82) is 0 Å². The highest BCUT2D eigenvalue weighted by molar-refractivity contribution is 7.85. The van der Waals surface area contributed by atoms with Gasteiger partial charge in [-0.25, -0.2) is 0 Å². The van der Waals surface area contributed by atoms with E-state index in [9.17, 15) is 91.8 Å². The van der Waals surface area contributed by atoms with Gasteiger partial charge >= 0.3 is 53.6 Å². The molecule has 0 rings (SSSR count). The van der Waals surface area contributed by atoms with Crippen LogP contribution in [0.25, 0.3) is 0 Å². The monoisotopic (exact) mass is 592 g/mol. The molecule has 0 aliphatic rings. The van der Waals surface area contributed by atoms with Gasteiger partial charge in [-0.1, -0.05) is 0 Å². The van der Waals surface area contributed by atoms with Crippen LogP contribution in [0.2, 0.25) is 0 Å². The van der Waals surface area contributed by atoms with Crippen molar-refractivity contribution in [3.05, 3.63) is 0 Å². The Morgan fingerprint density at radius 1 is 0.457 bits per heavy atom. The van der Waals surface area contributed by atoms with E-state index in [4.69, 9.17) is 4.55 Å². The molecule has 0 radical (unpaired) electrons. The highest BCUT2D eigenvalue weighted by Crippen LogP contribution is 2.65. The van der Waals surface area contributed by atoms with E-state index in [1.54, 1.807) is 0 Å². The van der Waals surface area contributed by atoms with Gasteiger partial charge in [0, 0.05) is 6.42 Å². The van der Waals surface area contributed by atoms with Gasteiger partial charge in [0.25, 0.3) is 10.1 Å². The quantitative estimate of drug-likeness (QED) is 0.227. The topological polar surface area (TPSA) is 54.4 Å². The molecule has 0 bridgehead atoms. The van der Waals surface area contributed by atoms with Crippen LogP contribution in [-0.4, -0.2) is 72.3 Å². The van der Waals surface area contributed by atoms with E-state index in [0.717, 1.165) is 0 Å². The lowest BCUT2D eigenvalue weighted by Crippen LogP contribution is -2.75. The van der Waals surface area contributed by atoms with Crippen LogP contribution in [0.5, 0.6) is 0 Å². The molecule has 0 amide bonds.